The summed E-state index contributed by atoms with van der Waals surface area (Å²) in [4.78, 5) is 0. The minimum atomic E-state index is 0.665. The lowest BCUT2D eigenvalue weighted by Crippen LogP contribution is -1.97. The first kappa shape index (κ1) is 13.5. The van der Waals surface area contributed by atoms with E-state index in [9.17, 15) is 0 Å². The molecule has 0 saturated carbocycles. The molecule has 0 N–H and O–H groups in total. The summed E-state index contributed by atoms with van der Waals surface area (Å²) >= 11 is 0. The molecule has 0 fully saturated rings. The molecule has 0 aromatic heterocycles. The van der Waals surface area contributed by atoms with Crippen molar-refractivity contribution in [3.05, 3.63) is 48.0 Å². The molecule has 0 saturated heterocycles. The normalized spacial score (nSPS) is 11.8. The van der Waals surface area contributed by atoms with E-state index in [2.05, 4.69) is 37.8 Å². The van der Waals surface area contributed by atoms with Gasteiger partial charge in [-0.05, 0) is 49.3 Å². The third-order valence-electron chi connectivity index (χ3n) is 3.12. The second kappa shape index (κ2) is 7.68. The number of benzene rings is 1. The maximum absolute atomic E-state index is 8.71. The lowest BCUT2D eigenvalue weighted by molar-refractivity contribution is 0.517. The monoisotopic (exact) mass is 227 g/mol. The largest absolute Gasteiger partial charge is 0.192 e. The maximum atomic E-state index is 8.71. The Morgan fingerprint density at radius 3 is 2.53 bits per heavy atom. The molecule has 0 radical (unpaired) electrons. The van der Waals surface area contributed by atoms with Crippen molar-refractivity contribution in [2.45, 2.75) is 39.0 Å². The Morgan fingerprint density at radius 2 is 2.00 bits per heavy atom. The zero-order chi connectivity index (χ0) is 12.5. The fraction of sp³-hybridized carbons (Fsp3) is 0.438. The van der Waals surface area contributed by atoms with Gasteiger partial charge in [-0.3, -0.25) is 0 Å². The number of allylic oxidation sites excluding steroid dienone is 1. The number of nitrogens with zero attached hydrogens (tertiary/aromatic N) is 1. The van der Waals surface area contributed by atoms with Gasteiger partial charge >= 0.3 is 0 Å². The van der Waals surface area contributed by atoms with Crippen LogP contribution in [0.3, 0.4) is 0 Å². The molecule has 1 unspecified atom stereocenters. The van der Waals surface area contributed by atoms with Gasteiger partial charge in [0, 0.05) is 0 Å². The molecular formula is C16H21N. The van der Waals surface area contributed by atoms with E-state index in [1.807, 2.05) is 12.1 Å². The van der Waals surface area contributed by atoms with E-state index in [0.717, 1.165) is 12.0 Å². The Morgan fingerprint density at radius 1 is 1.29 bits per heavy atom. The van der Waals surface area contributed by atoms with Gasteiger partial charge < -0.3 is 0 Å². The van der Waals surface area contributed by atoms with Crippen LogP contribution < -0.4 is 0 Å². The first-order valence-electron chi connectivity index (χ1n) is 6.41. The average molecular weight is 227 g/mol. The summed E-state index contributed by atoms with van der Waals surface area (Å²) in [5.74, 6) is 0.665. The van der Waals surface area contributed by atoms with Gasteiger partial charge in [-0.1, -0.05) is 31.6 Å². The quantitative estimate of drug-likeness (QED) is 0.630. The SMILES string of the molecule is C=CC(CCC)CCCc1ccc(C#N)cc1. The molecule has 1 heteroatoms. The van der Waals surface area contributed by atoms with Crippen molar-refractivity contribution < 1.29 is 0 Å². The van der Waals surface area contributed by atoms with Gasteiger partial charge in [0.1, 0.15) is 0 Å². The first-order chi connectivity index (χ1) is 8.30. The van der Waals surface area contributed by atoms with E-state index in [1.165, 1.54) is 31.2 Å². The lowest BCUT2D eigenvalue weighted by atomic mass is 9.95. The molecule has 1 rings (SSSR count). The van der Waals surface area contributed by atoms with Gasteiger partial charge in [-0.15, -0.1) is 6.58 Å². The van der Waals surface area contributed by atoms with E-state index < -0.39 is 0 Å². The molecule has 0 heterocycles. The maximum Gasteiger partial charge on any atom is 0.0991 e. The van der Waals surface area contributed by atoms with Gasteiger partial charge in [0.25, 0.3) is 0 Å². The van der Waals surface area contributed by atoms with Crippen molar-refractivity contribution in [3.8, 4) is 6.07 Å². The molecule has 0 aliphatic carbocycles. The molecule has 0 aliphatic heterocycles. The summed E-state index contributed by atoms with van der Waals surface area (Å²) in [6, 6.07) is 10.0. The third-order valence-corrected chi connectivity index (χ3v) is 3.12. The van der Waals surface area contributed by atoms with Gasteiger partial charge in [-0.25, -0.2) is 0 Å². The zero-order valence-corrected chi connectivity index (χ0v) is 10.7. The van der Waals surface area contributed by atoms with E-state index in [1.54, 1.807) is 0 Å². The predicted octanol–water partition coefficient (Wildman–Crippen LogP) is 4.48. The van der Waals surface area contributed by atoms with Crippen LogP contribution >= 0.6 is 0 Å². The van der Waals surface area contributed by atoms with Crippen molar-refractivity contribution >= 4 is 0 Å². The van der Waals surface area contributed by atoms with Crippen molar-refractivity contribution in [2.24, 2.45) is 5.92 Å². The van der Waals surface area contributed by atoms with Gasteiger partial charge in [0.15, 0.2) is 0 Å². The fourth-order valence-corrected chi connectivity index (χ4v) is 2.07. The van der Waals surface area contributed by atoms with Gasteiger partial charge in [0.2, 0.25) is 0 Å². The van der Waals surface area contributed by atoms with Crippen LogP contribution in [0.4, 0.5) is 0 Å². The summed E-state index contributed by atoms with van der Waals surface area (Å²) in [7, 11) is 0. The molecular weight excluding hydrogens is 206 g/mol. The highest BCUT2D eigenvalue weighted by atomic mass is 14.2. The molecule has 1 aromatic rings. The number of hydrogen-bond acceptors (Lipinski definition) is 1. The summed E-state index contributed by atoms with van der Waals surface area (Å²) in [5.41, 5.74) is 2.06. The van der Waals surface area contributed by atoms with E-state index in [0.29, 0.717) is 5.92 Å². The second-order valence-corrected chi connectivity index (χ2v) is 4.49. The zero-order valence-electron chi connectivity index (χ0n) is 10.7. The Hall–Kier alpha value is -1.55. The summed E-state index contributed by atoms with van der Waals surface area (Å²) in [6.45, 7) is 6.11. The van der Waals surface area contributed by atoms with Crippen molar-refractivity contribution in [1.29, 1.82) is 5.26 Å². The summed E-state index contributed by atoms with van der Waals surface area (Å²) in [5, 5.41) is 8.71. The number of rotatable bonds is 7. The standard InChI is InChI=1S/C16H21N/c1-3-6-14(4-2)7-5-8-15-9-11-16(13-17)12-10-15/h4,9-12,14H,2-3,5-8H2,1H3. The van der Waals surface area contributed by atoms with Crippen LogP contribution in [0.15, 0.2) is 36.9 Å². The Balaban J connectivity index is 2.35. The van der Waals surface area contributed by atoms with Crippen LogP contribution in [-0.2, 0) is 6.42 Å². The van der Waals surface area contributed by atoms with Crippen molar-refractivity contribution in [3.63, 3.8) is 0 Å². The summed E-state index contributed by atoms with van der Waals surface area (Å²) < 4.78 is 0. The highest BCUT2D eigenvalue weighted by Crippen LogP contribution is 2.16. The number of hydrogen-bond donors (Lipinski definition) is 0. The smallest absolute Gasteiger partial charge is 0.0991 e. The average Bonchev–Trinajstić information content (AvgIpc) is 2.38. The van der Waals surface area contributed by atoms with E-state index in [4.69, 9.17) is 5.26 Å². The molecule has 1 aromatic carbocycles. The molecule has 0 aliphatic rings. The minimum Gasteiger partial charge on any atom is -0.192 e. The van der Waals surface area contributed by atoms with Crippen LogP contribution in [0, 0.1) is 17.2 Å². The van der Waals surface area contributed by atoms with Crippen LogP contribution in [0.25, 0.3) is 0 Å². The van der Waals surface area contributed by atoms with Crippen molar-refractivity contribution in [2.75, 3.05) is 0 Å². The van der Waals surface area contributed by atoms with Gasteiger partial charge in [0.05, 0.1) is 11.6 Å². The Bertz CT molecular complexity index is 370. The highest BCUT2D eigenvalue weighted by molar-refractivity contribution is 5.31. The van der Waals surface area contributed by atoms with Crippen LogP contribution in [0.1, 0.15) is 43.7 Å². The lowest BCUT2D eigenvalue weighted by Gasteiger charge is -2.10. The molecule has 0 spiro atoms. The number of aryl methyl sites for hydroxylation is 1. The topological polar surface area (TPSA) is 23.8 Å². The molecule has 1 nitrogen and oxygen atoms in total. The van der Waals surface area contributed by atoms with Crippen LogP contribution in [0.2, 0.25) is 0 Å². The van der Waals surface area contributed by atoms with E-state index >= 15 is 0 Å². The summed E-state index contributed by atoms with van der Waals surface area (Å²) in [6.07, 6.45) is 8.08. The van der Waals surface area contributed by atoms with E-state index in [-0.39, 0.29) is 0 Å². The number of nitriles is 1. The molecule has 0 bridgehead atoms. The van der Waals surface area contributed by atoms with Crippen molar-refractivity contribution in [1.82, 2.24) is 0 Å². The first-order valence-corrected chi connectivity index (χ1v) is 6.41. The molecule has 17 heavy (non-hydrogen) atoms. The highest BCUT2D eigenvalue weighted by Gasteiger charge is 2.02. The van der Waals surface area contributed by atoms with Crippen LogP contribution in [-0.4, -0.2) is 0 Å². The van der Waals surface area contributed by atoms with Crippen LogP contribution in [0.5, 0.6) is 0 Å². The molecule has 0 amide bonds. The Kier molecular flexibility index (Phi) is 6.10. The van der Waals surface area contributed by atoms with Gasteiger partial charge in [-0.2, -0.15) is 5.26 Å². The minimum absolute atomic E-state index is 0.665. The molecule has 90 valence electrons. The predicted molar refractivity (Wildman–Crippen MR) is 72.7 cm³/mol. The third kappa shape index (κ3) is 4.87. The second-order valence-electron chi connectivity index (χ2n) is 4.49. The molecule has 1 atom stereocenters. The fourth-order valence-electron chi connectivity index (χ4n) is 2.07. The Labute approximate surface area is 105 Å².